The third-order valence-corrected chi connectivity index (χ3v) is 6.36. The Morgan fingerprint density at radius 1 is 1.09 bits per heavy atom. The summed E-state index contributed by atoms with van der Waals surface area (Å²) in [4.78, 5) is 27.6. The van der Waals surface area contributed by atoms with E-state index in [-0.39, 0.29) is 18.1 Å². The molecule has 0 fully saturated rings. The summed E-state index contributed by atoms with van der Waals surface area (Å²) in [5, 5.41) is 2.59. The molecule has 2 aromatic carbocycles. The Kier molecular flexibility index (Phi) is 9.73. The number of hydrogen-bond acceptors (Lipinski definition) is 6. The average Bonchev–Trinajstić information content (AvgIpc) is 2.82. The molecule has 9 nitrogen and oxygen atoms in total. The van der Waals surface area contributed by atoms with E-state index in [1.165, 1.54) is 11.9 Å². The first-order valence-electron chi connectivity index (χ1n) is 11.0. The first kappa shape index (κ1) is 27.0. The van der Waals surface area contributed by atoms with Gasteiger partial charge in [-0.15, -0.1) is 0 Å². The van der Waals surface area contributed by atoms with E-state index in [9.17, 15) is 18.0 Å². The van der Waals surface area contributed by atoms with Crippen molar-refractivity contribution in [3.05, 3.63) is 54.1 Å². The Morgan fingerprint density at radius 2 is 1.79 bits per heavy atom. The second-order valence-electron chi connectivity index (χ2n) is 7.58. The molecular formula is C24H33N3O6S. The van der Waals surface area contributed by atoms with E-state index in [4.69, 9.17) is 9.47 Å². The molecule has 34 heavy (non-hydrogen) atoms. The summed E-state index contributed by atoms with van der Waals surface area (Å²) in [5.74, 6) is 0.108. The number of carbonyl (C=O) groups is 2. The monoisotopic (exact) mass is 491 g/mol. The number of rotatable bonds is 12. The molecule has 2 amide bonds. The number of amides is 2. The number of ether oxygens (including phenoxy) is 2. The molecule has 0 saturated carbocycles. The van der Waals surface area contributed by atoms with E-state index in [1.807, 2.05) is 6.07 Å². The zero-order valence-electron chi connectivity index (χ0n) is 20.3. The fourth-order valence-electron chi connectivity index (χ4n) is 3.59. The summed E-state index contributed by atoms with van der Waals surface area (Å²) in [6.45, 7) is 3.54. The van der Waals surface area contributed by atoms with Gasteiger partial charge in [-0.3, -0.25) is 13.9 Å². The van der Waals surface area contributed by atoms with Gasteiger partial charge in [0.1, 0.15) is 24.1 Å². The molecule has 10 heteroatoms. The predicted octanol–water partition coefficient (Wildman–Crippen LogP) is 2.41. The standard InChI is InChI=1S/C24H33N3O6S/c1-6-20(24(29)25-3)26(16-18-11-10-12-19(15-18)32-4)23(28)17-27(34(5,30)31)21-13-8-9-14-22(21)33-7-2/h8-15,20H,6-7,16-17H2,1-5H3,(H,25,29)/t20-/m1/s1. The van der Waals surface area contributed by atoms with Gasteiger partial charge in [-0.05, 0) is 43.2 Å². The van der Waals surface area contributed by atoms with E-state index >= 15 is 0 Å². The SMILES string of the molecule is CCOc1ccccc1N(CC(=O)N(Cc1cccc(OC)c1)[C@H](CC)C(=O)NC)S(C)(=O)=O. The van der Waals surface area contributed by atoms with Crippen molar-refractivity contribution in [2.24, 2.45) is 0 Å². The minimum absolute atomic E-state index is 0.104. The number of benzene rings is 2. The van der Waals surface area contributed by atoms with Crippen LogP contribution in [0, 0.1) is 0 Å². The fraction of sp³-hybridized carbons (Fsp3) is 0.417. The summed E-state index contributed by atoms with van der Waals surface area (Å²) in [7, 11) is -0.801. The van der Waals surface area contributed by atoms with E-state index < -0.39 is 28.5 Å². The summed E-state index contributed by atoms with van der Waals surface area (Å²) in [5.41, 5.74) is 1.00. The molecule has 0 bridgehead atoms. The van der Waals surface area contributed by atoms with Crippen LogP contribution in [0.4, 0.5) is 5.69 Å². The summed E-state index contributed by atoms with van der Waals surface area (Å²) >= 11 is 0. The normalized spacial score (nSPS) is 11.9. The maximum Gasteiger partial charge on any atom is 0.244 e. The number of para-hydroxylation sites is 2. The van der Waals surface area contributed by atoms with Gasteiger partial charge >= 0.3 is 0 Å². The van der Waals surface area contributed by atoms with Crippen LogP contribution in [0.5, 0.6) is 11.5 Å². The van der Waals surface area contributed by atoms with Gasteiger partial charge in [-0.2, -0.15) is 0 Å². The van der Waals surface area contributed by atoms with Crippen molar-refractivity contribution in [3.8, 4) is 11.5 Å². The zero-order valence-corrected chi connectivity index (χ0v) is 21.1. The van der Waals surface area contributed by atoms with E-state index in [2.05, 4.69) is 5.32 Å². The van der Waals surface area contributed by atoms with Crippen LogP contribution in [-0.2, 0) is 26.2 Å². The molecule has 0 unspecified atom stereocenters. The van der Waals surface area contributed by atoms with Gasteiger partial charge in [0.05, 0.1) is 25.7 Å². The topological polar surface area (TPSA) is 105 Å². The van der Waals surface area contributed by atoms with Crippen molar-refractivity contribution < 1.29 is 27.5 Å². The Labute approximate surface area is 201 Å². The molecule has 0 radical (unpaired) electrons. The number of hydrogen-bond donors (Lipinski definition) is 1. The van der Waals surface area contributed by atoms with Crippen molar-refractivity contribution in [1.29, 1.82) is 0 Å². The lowest BCUT2D eigenvalue weighted by Gasteiger charge is -2.33. The maximum atomic E-state index is 13.6. The zero-order chi connectivity index (χ0) is 25.3. The molecule has 1 atom stereocenters. The van der Waals surface area contributed by atoms with Gasteiger partial charge in [0, 0.05) is 13.6 Å². The van der Waals surface area contributed by atoms with Gasteiger partial charge in [0.15, 0.2) is 0 Å². The van der Waals surface area contributed by atoms with Crippen LogP contribution < -0.4 is 19.1 Å². The summed E-state index contributed by atoms with van der Waals surface area (Å²) in [6, 6.07) is 13.0. The molecule has 0 spiro atoms. The smallest absolute Gasteiger partial charge is 0.244 e. The molecule has 0 heterocycles. The molecule has 1 N–H and O–H groups in total. The Hall–Kier alpha value is -3.27. The molecule has 0 aliphatic heterocycles. The fourth-order valence-corrected chi connectivity index (χ4v) is 4.44. The summed E-state index contributed by atoms with van der Waals surface area (Å²) in [6.07, 6.45) is 1.38. The largest absolute Gasteiger partial charge is 0.497 e. The second kappa shape index (κ2) is 12.3. The third-order valence-electron chi connectivity index (χ3n) is 5.23. The highest BCUT2D eigenvalue weighted by Gasteiger charge is 2.32. The minimum Gasteiger partial charge on any atom is -0.497 e. The van der Waals surface area contributed by atoms with E-state index in [0.717, 1.165) is 16.1 Å². The quantitative estimate of drug-likeness (QED) is 0.489. The van der Waals surface area contributed by atoms with E-state index in [0.29, 0.717) is 24.5 Å². The molecule has 186 valence electrons. The Balaban J connectivity index is 2.48. The van der Waals surface area contributed by atoms with E-state index in [1.54, 1.807) is 63.4 Å². The Bertz CT molecular complexity index is 1090. The molecule has 2 rings (SSSR count). The number of likely N-dealkylation sites (N-methyl/N-ethyl adjacent to an activating group) is 1. The second-order valence-corrected chi connectivity index (χ2v) is 9.49. The molecule has 0 saturated heterocycles. The number of methoxy groups -OCH3 is 1. The summed E-state index contributed by atoms with van der Waals surface area (Å²) < 4.78 is 37.3. The third kappa shape index (κ3) is 6.86. The van der Waals surface area contributed by atoms with Crippen molar-refractivity contribution in [2.75, 3.05) is 37.9 Å². The first-order chi connectivity index (χ1) is 16.2. The van der Waals surface area contributed by atoms with Gasteiger partial charge < -0.3 is 19.7 Å². The highest BCUT2D eigenvalue weighted by atomic mass is 32.2. The lowest BCUT2D eigenvalue weighted by atomic mass is 10.1. The van der Waals surface area contributed by atoms with Crippen LogP contribution in [0.2, 0.25) is 0 Å². The van der Waals surface area contributed by atoms with Crippen molar-refractivity contribution in [1.82, 2.24) is 10.2 Å². The first-order valence-corrected chi connectivity index (χ1v) is 12.8. The van der Waals surface area contributed by atoms with Crippen molar-refractivity contribution in [3.63, 3.8) is 0 Å². The van der Waals surface area contributed by atoms with Crippen molar-refractivity contribution >= 4 is 27.5 Å². The van der Waals surface area contributed by atoms with Crippen LogP contribution in [0.3, 0.4) is 0 Å². The van der Waals surface area contributed by atoms with Crippen LogP contribution in [-0.4, -0.2) is 64.7 Å². The van der Waals surface area contributed by atoms with Crippen LogP contribution in [0.1, 0.15) is 25.8 Å². The molecule has 0 aliphatic carbocycles. The van der Waals surface area contributed by atoms with Crippen LogP contribution in [0.15, 0.2) is 48.5 Å². The number of nitrogens with zero attached hydrogens (tertiary/aromatic N) is 2. The lowest BCUT2D eigenvalue weighted by Crippen LogP contribution is -2.51. The average molecular weight is 492 g/mol. The Morgan fingerprint density at radius 3 is 2.38 bits per heavy atom. The van der Waals surface area contributed by atoms with Gasteiger partial charge in [0.2, 0.25) is 21.8 Å². The molecular weight excluding hydrogens is 458 g/mol. The molecule has 0 aromatic heterocycles. The predicted molar refractivity (Wildman–Crippen MR) is 131 cm³/mol. The number of sulfonamides is 1. The molecule has 0 aliphatic rings. The van der Waals surface area contributed by atoms with Gasteiger partial charge in [-0.25, -0.2) is 8.42 Å². The molecule has 2 aromatic rings. The number of carbonyl (C=O) groups excluding carboxylic acids is 2. The van der Waals surface area contributed by atoms with Crippen LogP contribution >= 0.6 is 0 Å². The van der Waals surface area contributed by atoms with Crippen molar-refractivity contribution in [2.45, 2.75) is 32.9 Å². The number of nitrogens with one attached hydrogen (secondary N) is 1. The highest BCUT2D eigenvalue weighted by Crippen LogP contribution is 2.30. The lowest BCUT2D eigenvalue weighted by molar-refractivity contribution is -0.140. The van der Waals surface area contributed by atoms with Gasteiger partial charge in [-0.1, -0.05) is 31.2 Å². The number of anilines is 1. The van der Waals surface area contributed by atoms with Gasteiger partial charge in [0.25, 0.3) is 0 Å². The maximum absolute atomic E-state index is 13.6. The highest BCUT2D eigenvalue weighted by molar-refractivity contribution is 7.92. The van der Waals surface area contributed by atoms with Crippen LogP contribution in [0.25, 0.3) is 0 Å². The minimum atomic E-state index is -3.84.